The standard InChI is InChI=1S/C8H18N2O.Y/c11-8-2-6-10-5-1-3-9-4-7-10;/h9,11H,1-8H2;. The fourth-order valence-corrected chi connectivity index (χ4v) is 1.42. The van der Waals surface area contributed by atoms with Crippen molar-refractivity contribution in [2.24, 2.45) is 0 Å². The van der Waals surface area contributed by atoms with Crippen molar-refractivity contribution in [3.05, 3.63) is 0 Å². The van der Waals surface area contributed by atoms with Gasteiger partial charge < -0.3 is 15.3 Å². The Labute approximate surface area is 99.8 Å². The Morgan fingerprint density at radius 1 is 1.25 bits per heavy atom. The van der Waals surface area contributed by atoms with Gasteiger partial charge in [-0.25, -0.2) is 0 Å². The van der Waals surface area contributed by atoms with Gasteiger partial charge in [-0.3, -0.25) is 0 Å². The number of aliphatic hydroxyl groups excluding tert-OH is 1. The first-order valence-corrected chi connectivity index (χ1v) is 4.47. The minimum atomic E-state index is 0. The molecule has 0 aliphatic carbocycles. The van der Waals surface area contributed by atoms with Gasteiger partial charge >= 0.3 is 0 Å². The molecule has 0 atom stereocenters. The van der Waals surface area contributed by atoms with Gasteiger partial charge in [-0.15, -0.1) is 0 Å². The second-order valence-corrected chi connectivity index (χ2v) is 3.02. The van der Waals surface area contributed by atoms with Crippen LogP contribution in [0.15, 0.2) is 0 Å². The Hall–Kier alpha value is 0.984. The van der Waals surface area contributed by atoms with Gasteiger partial charge in [0.1, 0.15) is 0 Å². The first-order valence-electron chi connectivity index (χ1n) is 4.47. The molecule has 0 spiro atoms. The summed E-state index contributed by atoms with van der Waals surface area (Å²) in [4.78, 5) is 2.41. The number of aliphatic hydroxyl groups is 1. The summed E-state index contributed by atoms with van der Waals surface area (Å²) in [6, 6.07) is 0. The molecule has 1 radical (unpaired) electrons. The summed E-state index contributed by atoms with van der Waals surface area (Å²) in [6.07, 6.45) is 2.16. The third-order valence-electron chi connectivity index (χ3n) is 2.07. The number of hydrogen-bond donors (Lipinski definition) is 2. The van der Waals surface area contributed by atoms with E-state index >= 15 is 0 Å². The Balaban J connectivity index is 0.00000121. The van der Waals surface area contributed by atoms with Crippen LogP contribution in [0, 0.1) is 0 Å². The van der Waals surface area contributed by atoms with E-state index < -0.39 is 0 Å². The van der Waals surface area contributed by atoms with Crippen molar-refractivity contribution in [3.8, 4) is 0 Å². The van der Waals surface area contributed by atoms with Gasteiger partial charge in [0.15, 0.2) is 0 Å². The first-order chi connectivity index (χ1) is 5.43. The van der Waals surface area contributed by atoms with Crippen molar-refractivity contribution in [1.82, 2.24) is 10.2 Å². The van der Waals surface area contributed by atoms with E-state index in [2.05, 4.69) is 10.2 Å². The Kier molecular flexibility index (Phi) is 9.28. The number of rotatable bonds is 3. The van der Waals surface area contributed by atoms with Gasteiger partial charge in [-0.05, 0) is 25.9 Å². The minimum absolute atomic E-state index is 0. The molecule has 1 aliphatic heterocycles. The number of nitrogens with one attached hydrogen (secondary N) is 1. The summed E-state index contributed by atoms with van der Waals surface area (Å²) >= 11 is 0. The van der Waals surface area contributed by atoms with Crippen LogP contribution in [0.1, 0.15) is 12.8 Å². The average molecular weight is 247 g/mol. The van der Waals surface area contributed by atoms with Gasteiger partial charge in [0, 0.05) is 59.0 Å². The largest absolute Gasteiger partial charge is 0.396 e. The summed E-state index contributed by atoms with van der Waals surface area (Å²) in [5.74, 6) is 0. The van der Waals surface area contributed by atoms with E-state index in [-0.39, 0.29) is 32.7 Å². The third-order valence-corrected chi connectivity index (χ3v) is 2.07. The van der Waals surface area contributed by atoms with Gasteiger partial charge in [-0.1, -0.05) is 0 Å². The third kappa shape index (κ3) is 5.60. The molecule has 69 valence electrons. The van der Waals surface area contributed by atoms with Crippen molar-refractivity contribution >= 4 is 0 Å². The fraction of sp³-hybridized carbons (Fsp3) is 1.00. The molecule has 0 amide bonds. The second-order valence-electron chi connectivity index (χ2n) is 3.02. The van der Waals surface area contributed by atoms with Crippen LogP contribution in [0.3, 0.4) is 0 Å². The molecule has 0 aromatic rings. The van der Waals surface area contributed by atoms with Gasteiger partial charge in [0.05, 0.1) is 0 Å². The SMILES string of the molecule is OCCCN1CCCNCC1.[Y]. The summed E-state index contributed by atoms with van der Waals surface area (Å²) in [5.41, 5.74) is 0. The molecule has 0 aromatic carbocycles. The van der Waals surface area contributed by atoms with Crippen molar-refractivity contribution in [1.29, 1.82) is 0 Å². The van der Waals surface area contributed by atoms with Gasteiger partial charge in [0.2, 0.25) is 0 Å². The van der Waals surface area contributed by atoms with E-state index in [0.717, 1.165) is 32.6 Å². The van der Waals surface area contributed by atoms with Crippen LogP contribution in [-0.2, 0) is 32.7 Å². The molecule has 0 saturated carbocycles. The summed E-state index contributed by atoms with van der Waals surface area (Å²) in [5, 5.41) is 12.0. The Morgan fingerprint density at radius 2 is 2.08 bits per heavy atom. The zero-order valence-corrected chi connectivity index (χ0v) is 10.5. The zero-order chi connectivity index (χ0) is 7.94. The van der Waals surface area contributed by atoms with Crippen LogP contribution < -0.4 is 5.32 Å². The first kappa shape index (κ1) is 13.0. The number of hydrogen-bond acceptors (Lipinski definition) is 3. The van der Waals surface area contributed by atoms with Crippen molar-refractivity contribution in [2.75, 3.05) is 39.3 Å². The van der Waals surface area contributed by atoms with E-state index in [4.69, 9.17) is 5.11 Å². The quantitative estimate of drug-likeness (QED) is 0.716. The Morgan fingerprint density at radius 3 is 2.83 bits per heavy atom. The molecule has 1 fully saturated rings. The van der Waals surface area contributed by atoms with E-state index in [1.807, 2.05) is 0 Å². The molecule has 1 aliphatic rings. The summed E-state index contributed by atoms with van der Waals surface area (Å²) < 4.78 is 0. The molecule has 0 unspecified atom stereocenters. The molecule has 1 rings (SSSR count). The van der Waals surface area contributed by atoms with Crippen molar-refractivity contribution in [2.45, 2.75) is 12.8 Å². The Bertz CT molecular complexity index is 95.1. The van der Waals surface area contributed by atoms with Crippen LogP contribution >= 0.6 is 0 Å². The summed E-state index contributed by atoms with van der Waals surface area (Å²) in [6.45, 7) is 5.95. The van der Waals surface area contributed by atoms with E-state index in [1.54, 1.807) is 0 Å². The molecule has 1 heterocycles. The maximum atomic E-state index is 8.62. The molecule has 1 saturated heterocycles. The van der Waals surface area contributed by atoms with Crippen LogP contribution in [0.5, 0.6) is 0 Å². The smallest absolute Gasteiger partial charge is 0.0443 e. The number of nitrogens with zero attached hydrogens (tertiary/aromatic N) is 1. The molecule has 3 nitrogen and oxygen atoms in total. The molecular formula is C8H18N2OY. The predicted octanol–water partition coefficient (Wildman–Crippen LogP) is -0.338. The predicted molar refractivity (Wildman–Crippen MR) is 45.6 cm³/mol. The fourth-order valence-electron chi connectivity index (χ4n) is 1.42. The normalized spacial score (nSPS) is 19.8. The van der Waals surface area contributed by atoms with E-state index in [0.29, 0.717) is 6.61 Å². The van der Waals surface area contributed by atoms with Gasteiger partial charge in [0.25, 0.3) is 0 Å². The topological polar surface area (TPSA) is 35.5 Å². The van der Waals surface area contributed by atoms with Crippen LogP contribution in [0.2, 0.25) is 0 Å². The summed E-state index contributed by atoms with van der Waals surface area (Å²) in [7, 11) is 0. The van der Waals surface area contributed by atoms with Crippen molar-refractivity contribution in [3.63, 3.8) is 0 Å². The molecule has 12 heavy (non-hydrogen) atoms. The van der Waals surface area contributed by atoms with Gasteiger partial charge in [-0.2, -0.15) is 0 Å². The maximum absolute atomic E-state index is 8.62. The monoisotopic (exact) mass is 247 g/mol. The molecule has 2 N–H and O–H groups in total. The molecule has 0 aromatic heterocycles. The average Bonchev–Trinajstić information content (AvgIpc) is 2.28. The zero-order valence-electron chi connectivity index (χ0n) is 7.63. The van der Waals surface area contributed by atoms with Crippen LogP contribution in [0.4, 0.5) is 0 Å². The van der Waals surface area contributed by atoms with Crippen LogP contribution in [0.25, 0.3) is 0 Å². The maximum Gasteiger partial charge on any atom is 0.0443 e. The molecular weight excluding hydrogens is 229 g/mol. The van der Waals surface area contributed by atoms with Crippen LogP contribution in [-0.4, -0.2) is 49.3 Å². The molecule has 4 heteroatoms. The molecule has 0 bridgehead atoms. The van der Waals surface area contributed by atoms with E-state index in [1.165, 1.54) is 13.0 Å². The van der Waals surface area contributed by atoms with Crippen molar-refractivity contribution < 1.29 is 37.8 Å². The second kappa shape index (κ2) is 8.58. The minimum Gasteiger partial charge on any atom is -0.396 e. The van der Waals surface area contributed by atoms with E-state index in [9.17, 15) is 0 Å².